The van der Waals surface area contributed by atoms with E-state index in [2.05, 4.69) is 9.97 Å². The standard InChI is InChI=1S/C20H10Cl2N2O2/c21-13-15-17(25-19(23-15)11-7-3-1-4-8-11)14(22)16-18(13)26-20(24-16)12-9-5-2-6-10-12/h1-10H. The third kappa shape index (κ3) is 2.30. The van der Waals surface area contributed by atoms with E-state index < -0.39 is 0 Å². The van der Waals surface area contributed by atoms with E-state index in [-0.39, 0.29) is 0 Å². The van der Waals surface area contributed by atoms with Crippen molar-refractivity contribution in [2.24, 2.45) is 0 Å². The first-order chi connectivity index (χ1) is 12.7. The molecule has 0 bridgehead atoms. The monoisotopic (exact) mass is 380 g/mol. The van der Waals surface area contributed by atoms with Crippen molar-refractivity contribution < 1.29 is 8.83 Å². The van der Waals surface area contributed by atoms with Gasteiger partial charge in [-0.25, -0.2) is 9.97 Å². The first kappa shape index (κ1) is 15.4. The molecule has 26 heavy (non-hydrogen) atoms. The van der Waals surface area contributed by atoms with Gasteiger partial charge in [-0.15, -0.1) is 0 Å². The van der Waals surface area contributed by atoms with E-state index in [9.17, 15) is 0 Å². The fourth-order valence-electron chi connectivity index (χ4n) is 2.86. The van der Waals surface area contributed by atoms with E-state index in [0.29, 0.717) is 44.0 Å². The Labute approximate surface area is 158 Å². The predicted molar refractivity (Wildman–Crippen MR) is 102 cm³/mol. The Kier molecular flexibility index (Phi) is 3.48. The molecule has 5 aromatic rings. The Morgan fingerprint density at radius 2 is 0.962 bits per heavy atom. The Balaban J connectivity index is 1.76. The zero-order valence-corrected chi connectivity index (χ0v) is 14.8. The van der Waals surface area contributed by atoms with Crippen molar-refractivity contribution in [2.45, 2.75) is 0 Å². The maximum Gasteiger partial charge on any atom is 0.227 e. The molecule has 0 unspecified atom stereocenters. The average molecular weight is 381 g/mol. The van der Waals surface area contributed by atoms with Crippen LogP contribution in [0.1, 0.15) is 0 Å². The van der Waals surface area contributed by atoms with Crippen molar-refractivity contribution >= 4 is 45.4 Å². The van der Waals surface area contributed by atoms with Crippen LogP contribution < -0.4 is 0 Å². The molecule has 4 nitrogen and oxygen atoms in total. The molecule has 0 amide bonds. The number of rotatable bonds is 2. The largest absolute Gasteiger partial charge is 0.434 e. The van der Waals surface area contributed by atoms with Crippen LogP contribution in [0.25, 0.3) is 45.1 Å². The van der Waals surface area contributed by atoms with Crippen molar-refractivity contribution in [1.82, 2.24) is 9.97 Å². The lowest BCUT2D eigenvalue weighted by atomic mass is 10.2. The minimum absolute atomic E-state index is 0.333. The van der Waals surface area contributed by atoms with Gasteiger partial charge in [-0.1, -0.05) is 59.6 Å². The van der Waals surface area contributed by atoms with Gasteiger partial charge in [0, 0.05) is 11.1 Å². The summed E-state index contributed by atoms with van der Waals surface area (Å²) < 4.78 is 11.8. The number of fused-ring (bicyclic) bond motifs is 2. The zero-order chi connectivity index (χ0) is 17.7. The van der Waals surface area contributed by atoms with E-state index >= 15 is 0 Å². The second-order valence-corrected chi connectivity index (χ2v) is 6.51. The van der Waals surface area contributed by atoms with Gasteiger partial charge < -0.3 is 8.83 Å². The van der Waals surface area contributed by atoms with Crippen LogP contribution in [-0.2, 0) is 0 Å². The highest BCUT2D eigenvalue weighted by molar-refractivity contribution is 6.45. The van der Waals surface area contributed by atoms with Crippen LogP contribution in [0.4, 0.5) is 0 Å². The lowest BCUT2D eigenvalue weighted by molar-refractivity contribution is 0.618. The fourth-order valence-corrected chi connectivity index (χ4v) is 3.37. The average Bonchev–Trinajstić information content (AvgIpc) is 3.33. The van der Waals surface area contributed by atoms with Gasteiger partial charge in [0.15, 0.2) is 11.2 Å². The molecule has 0 saturated heterocycles. The molecule has 2 aromatic heterocycles. The molecule has 3 aromatic carbocycles. The quantitative estimate of drug-likeness (QED) is 0.345. The smallest absolute Gasteiger partial charge is 0.227 e. The number of aromatic nitrogens is 2. The van der Waals surface area contributed by atoms with Crippen molar-refractivity contribution in [3.8, 4) is 22.9 Å². The molecule has 6 heteroatoms. The third-order valence-corrected chi connectivity index (χ3v) is 4.81. The molecular formula is C20H10Cl2N2O2. The van der Waals surface area contributed by atoms with Gasteiger partial charge in [0.25, 0.3) is 0 Å². The van der Waals surface area contributed by atoms with E-state index in [0.717, 1.165) is 11.1 Å². The van der Waals surface area contributed by atoms with Crippen LogP contribution in [-0.4, -0.2) is 9.97 Å². The van der Waals surface area contributed by atoms with E-state index in [4.69, 9.17) is 32.0 Å². The van der Waals surface area contributed by atoms with Crippen LogP contribution in [0.3, 0.4) is 0 Å². The summed E-state index contributed by atoms with van der Waals surface area (Å²) in [6, 6.07) is 19.1. The van der Waals surface area contributed by atoms with Crippen molar-refractivity contribution in [3.63, 3.8) is 0 Å². The molecule has 0 aliphatic carbocycles. The summed E-state index contributed by atoms with van der Waals surface area (Å²) in [4.78, 5) is 9.01. The molecule has 5 rings (SSSR count). The summed E-state index contributed by atoms with van der Waals surface area (Å²) in [5.74, 6) is 0.890. The third-order valence-electron chi connectivity index (χ3n) is 4.11. The molecule has 0 spiro atoms. The Bertz CT molecular complexity index is 1090. The minimum Gasteiger partial charge on any atom is -0.434 e. The van der Waals surface area contributed by atoms with Gasteiger partial charge in [-0.05, 0) is 24.3 Å². The Morgan fingerprint density at radius 3 is 1.35 bits per heavy atom. The lowest BCUT2D eigenvalue weighted by Crippen LogP contribution is -1.78. The summed E-state index contributed by atoms with van der Waals surface area (Å²) in [5.41, 5.74) is 3.39. The van der Waals surface area contributed by atoms with Crippen molar-refractivity contribution in [3.05, 3.63) is 70.7 Å². The van der Waals surface area contributed by atoms with Crippen LogP contribution in [0.2, 0.25) is 10.0 Å². The summed E-state index contributed by atoms with van der Waals surface area (Å²) >= 11 is 13.1. The summed E-state index contributed by atoms with van der Waals surface area (Å²) in [5, 5.41) is 0.667. The number of benzene rings is 3. The number of oxazole rings is 2. The fraction of sp³-hybridized carbons (Fsp3) is 0. The number of nitrogens with zero attached hydrogens (tertiary/aromatic N) is 2. The van der Waals surface area contributed by atoms with Gasteiger partial charge >= 0.3 is 0 Å². The maximum atomic E-state index is 6.53. The first-order valence-electron chi connectivity index (χ1n) is 7.91. The second kappa shape index (κ2) is 5.87. The topological polar surface area (TPSA) is 52.1 Å². The van der Waals surface area contributed by atoms with Crippen molar-refractivity contribution in [2.75, 3.05) is 0 Å². The molecular weight excluding hydrogens is 371 g/mol. The predicted octanol–water partition coefficient (Wildman–Crippen LogP) is 6.61. The number of hydrogen-bond donors (Lipinski definition) is 0. The summed E-state index contributed by atoms with van der Waals surface area (Å²) in [6.07, 6.45) is 0. The number of hydrogen-bond acceptors (Lipinski definition) is 4. The molecule has 0 N–H and O–H groups in total. The molecule has 126 valence electrons. The molecule has 2 heterocycles. The second-order valence-electron chi connectivity index (χ2n) is 5.75. The number of halogens is 2. The highest BCUT2D eigenvalue weighted by atomic mass is 35.5. The summed E-state index contributed by atoms with van der Waals surface area (Å²) in [6.45, 7) is 0. The first-order valence-corrected chi connectivity index (χ1v) is 8.67. The minimum atomic E-state index is 0.333. The normalized spacial score (nSPS) is 11.5. The molecule has 0 fully saturated rings. The summed E-state index contributed by atoms with van der Waals surface area (Å²) in [7, 11) is 0. The van der Waals surface area contributed by atoms with E-state index in [1.165, 1.54) is 0 Å². The van der Waals surface area contributed by atoms with E-state index in [1.807, 2.05) is 60.7 Å². The van der Waals surface area contributed by atoms with Crippen LogP contribution in [0, 0.1) is 0 Å². The highest BCUT2D eigenvalue weighted by Crippen LogP contribution is 2.41. The molecule has 0 atom stereocenters. The van der Waals surface area contributed by atoms with E-state index in [1.54, 1.807) is 0 Å². The van der Waals surface area contributed by atoms with Gasteiger partial charge in [0.1, 0.15) is 21.1 Å². The molecule has 0 aliphatic rings. The van der Waals surface area contributed by atoms with Crippen LogP contribution in [0.15, 0.2) is 69.5 Å². The SMILES string of the molecule is Clc1c2nc(-c3ccccc3)oc2c(Cl)c2nc(-c3ccccc3)oc12. The van der Waals surface area contributed by atoms with Gasteiger partial charge in [-0.2, -0.15) is 0 Å². The molecule has 0 aliphatic heterocycles. The Hall–Kier alpha value is -2.82. The lowest BCUT2D eigenvalue weighted by Gasteiger charge is -1.95. The maximum absolute atomic E-state index is 6.53. The molecule has 0 saturated carbocycles. The van der Waals surface area contributed by atoms with Gasteiger partial charge in [0.2, 0.25) is 11.8 Å². The zero-order valence-electron chi connectivity index (χ0n) is 13.2. The van der Waals surface area contributed by atoms with Crippen molar-refractivity contribution in [1.29, 1.82) is 0 Å². The van der Waals surface area contributed by atoms with Gasteiger partial charge in [0.05, 0.1) is 0 Å². The highest BCUT2D eigenvalue weighted by Gasteiger charge is 2.23. The van der Waals surface area contributed by atoms with Crippen LogP contribution in [0.5, 0.6) is 0 Å². The Morgan fingerprint density at radius 1 is 0.577 bits per heavy atom. The molecule has 0 radical (unpaired) electrons. The van der Waals surface area contributed by atoms with Gasteiger partial charge in [-0.3, -0.25) is 0 Å². The van der Waals surface area contributed by atoms with Crippen LogP contribution >= 0.6 is 23.2 Å².